The lowest BCUT2D eigenvalue weighted by molar-refractivity contribution is -0.141. The van der Waals surface area contributed by atoms with Gasteiger partial charge in [-0.05, 0) is 31.4 Å². The number of carbonyl (C=O) groups is 1. The molecule has 0 spiro atoms. The van der Waals surface area contributed by atoms with Crippen LogP contribution in [0.4, 0.5) is 17.5 Å². The Kier molecular flexibility index (Phi) is 6.08. The van der Waals surface area contributed by atoms with Crippen molar-refractivity contribution in [1.29, 1.82) is 0 Å². The standard InChI is InChI=1S/C21H30N6O3/c1-3-6-23-16-13-15-14(12-18(16)29-2)19(22)25-21(24-15)27-9-7-26(8-10-27)20(28)17-5-4-11-30-17/h12-13,17,23H,3-11H2,1-2H3,(H2,22,24,25). The number of piperazine rings is 1. The van der Waals surface area contributed by atoms with E-state index in [0.717, 1.165) is 48.1 Å². The topological polar surface area (TPSA) is 106 Å². The van der Waals surface area contributed by atoms with Crippen molar-refractivity contribution in [2.24, 2.45) is 0 Å². The molecule has 1 atom stereocenters. The predicted molar refractivity (Wildman–Crippen MR) is 117 cm³/mol. The first-order valence-electron chi connectivity index (χ1n) is 10.6. The Morgan fingerprint density at radius 3 is 2.77 bits per heavy atom. The molecule has 2 fully saturated rings. The highest BCUT2D eigenvalue weighted by Crippen LogP contribution is 2.33. The van der Waals surface area contributed by atoms with Gasteiger partial charge in [0.25, 0.3) is 5.91 Å². The molecule has 1 amide bonds. The summed E-state index contributed by atoms with van der Waals surface area (Å²) in [5.74, 6) is 1.84. The van der Waals surface area contributed by atoms with Gasteiger partial charge >= 0.3 is 0 Å². The fraction of sp³-hybridized carbons (Fsp3) is 0.571. The lowest BCUT2D eigenvalue weighted by Gasteiger charge is -2.35. The minimum absolute atomic E-state index is 0.102. The summed E-state index contributed by atoms with van der Waals surface area (Å²) in [5.41, 5.74) is 7.93. The molecule has 2 aliphatic rings. The van der Waals surface area contributed by atoms with E-state index in [9.17, 15) is 4.79 Å². The Hall–Kier alpha value is -2.81. The number of fused-ring (bicyclic) bond motifs is 1. The smallest absolute Gasteiger partial charge is 0.251 e. The zero-order chi connectivity index (χ0) is 21.1. The second-order valence-corrected chi connectivity index (χ2v) is 7.72. The number of carbonyl (C=O) groups excluding carboxylic acids is 1. The van der Waals surface area contributed by atoms with Crippen molar-refractivity contribution >= 4 is 34.3 Å². The molecular formula is C21H30N6O3. The van der Waals surface area contributed by atoms with E-state index in [-0.39, 0.29) is 12.0 Å². The van der Waals surface area contributed by atoms with Crippen LogP contribution in [0.3, 0.4) is 0 Å². The van der Waals surface area contributed by atoms with Crippen LogP contribution >= 0.6 is 0 Å². The minimum Gasteiger partial charge on any atom is -0.495 e. The van der Waals surface area contributed by atoms with Crippen LogP contribution in [0.2, 0.25) is 0 Å². The van der Waals surface area contributed by atoms with E-state index >= 15 is 0 Å². The SMILES string of the molecule is CCCNc1cc2nc(N3CCN(C(=O)C4CCCO4)CC3)nc(N)c2cc1OC. The van der Waals surface area contributed by atoms with E-state index in [1.54, 1.807) is 7.11 Å². The number of hydrogen-bond acceptors (Lipinski definition) is 8. The van der Waals surface area contributed by atoms with Gasteiger partial charge in [0, 0.05) is 44.7 Å². The summed E-state index contributed by atoms with van der Waals surface area (Å²) in [6.45, 7) is 6.23. The minimum atomic E-state index is -0.270. The van der Waals surface area contributed by atoms with E-state index < -0.39 is 0 Å². The summed E-state index contributed by atoms with van der Waals surface area (Å²) in [6, 6.07) is 3.84. The zero-order valence-electron chi connectivity index (χ0n) is 17.7. The number of ether oxygens (including phenoxy) is 2. The summed E-state index contributed by atoms with van der Waals surface area (Å²) in [4.78, 5) is 25.8. The molecule has 2 saturated heterocycles. The number of methoxy groups -OCH3 is 1. The highest BCUT2D eigenvalue weighted by molar-refractivity contribution is 5.93. The number of nitrogens with two attached hydrogens (primary N) is 1. The van der Waals surface area contributed by atoms with E-state index in [2.05, 4.69) is 22.1 Å². The first-order valence-corrected chi connectivity index (χ1v) is 10.6. The molecule has 0 bridgehead atoms. The van der Waals surface area contributed by atoms with Gasteiger partial charge in [-0.15, -0.1) is 0 Å². The number of hydrogen-bond donors (Lipinski definition) is 2. The number of anilines is 3. The third-order valence-corrected chi connectivity index (χ3v) is 5.68. The molecule has 2 aromatic rings. The molecule has 9 nitrogen and oxygen atoms in total. The zero-order valence-corrected chi connectivity index (χ0v) is 17.7. The molecule has 1 unspecified atom stereocenters. The molecule has 1 aromatic heterocycles. The monoisotopic (exact) mass is 414 g/mol. The van der Waals surface area contributed by atoms with Gasteiger partial charge in [0.1, 0.15) is 17.7 Å². The Morgan fingerprint density at radius 1 is 1.30 bits per heavy atom. The van der Waals surface area contributed by atoms with E-state index in [1.165, 1.54) is 0 Å². The highest BCUT2D eigenvalue weighted by Gasteiger charge is 2.31. The van der Waals surface area contributed by atoms with Crippen molar-refractivity contribution in [3.05, 3.63) is 12.1 Å². The van der Waals surface area contributed by atoms with Crippen LogP contribution in [0.15, 0.2) is 12.1 Å². The summed E-state index contributed by atoms with van der Waals surface area (Å²) in [7, 11) is 1.64. The van der Waals surface area contributed by atoms with Gasteiger partial charge in [0.05, 0.1) is 18.3 Å². The van der Waals surface area contributed by atoms with Crippen molar-refractivity contribution in [3.63, 3.8) is 0 Å². The highest BCUT2D eigenvalue weighted by atomic mass is 16.5. The Morgan fingerprint density at radius 2 is 2.10 bits per heavy atom. The van der Waals surface area contributed by atoms with Crippen molar-refractivity contribution in [2.75, 3.05) is 62.4 Å². The summed E-state index contributed by atoms with van der Waals surface area (Å²) in [6.07, 6.45) is 2.52. The maximum Gasteiger partial charge on any atom is 0.251 e. The Balaban J connectivity index is 1.52. The van der Waals surface area contributed by atoms with Crippen LogP contribution in [-0.2, 0) is 9.53 Å². The average Bonchev–Trinajstić information content (AvgIpc) is 3.31. The fourth-order valence-corrected chi connectivity index (χ4v) is 3.98. The van der Waals surface area contributed by atoms with Gasteiger partial charge < -0.3 is 30.3 Å². The van der Waals surface area contributed by atoms with Crippen LogP contribution in [0.5, 0.6) is 5.75 Å². The van der Waals surface area contributed by atoms with Crippen LogP contribution in [0, 0.1) is 0 Å². The van der Waals surface area contributed by atoms with Gasteiger partial charge in [-0.1, -0.05) is 6.92 Å². The molecule has 1 aromatic carbocycles. The number of nitrogens with zero attached hydrogens (tertiary/aromatic N) is 4. The van der Waals surface area contributed by atoms with Crippen molar-refractivity contribution < 1.29 is 14.3 Å². The maximum absolute atomic E-state index is 12.6. The van der Waals surface area contributed by atoms with Gasteiger partial charge in [-0.3, -0.25) is 4.79 Å². The molecule has 2 aliphatic heterocycles. The van der Waals surface area contributed by atoms with Crippen LogP contribution in [0.25, 0.3) is 10.9 Å². The van der Waals surface area contributed by atoms with Crippen LogP contribution in [0.1, 0.15) is 26.2 Å². The van der Waals surface area contributed by atoms with Crippen LogP contribution < -0.4 is 20.7 Å². The van der Waals surface area contributed by atoms with Gasteiger partial charge in [0.15, 0.2) is 0 Å². The van der Waals surface area contributed by atoms with Crippen molar-refractivity contribution in [2.45, 2.75) is 32.3 Å². The molecule has 0 radical (unpaired) electrons. The lowest BCUT2D eigenvalue weighted by Crippen LogP contribution is -2.51. The van der Waals surface area contributed by atoms with Crippen LogP contribution in [-0.4, -0.2) is 73.3 Å². The predicted octanol–water partition coefficient (Wildman–Crippen LogP) is 1.87. The van der Waals surface area contributed by atoms with Gasteiger partial charge in [-0.2, -0.15) is 4.98 Å². The van der Waals surface area contributed by atoms with E-state index in [1.807, 2.05) is 17.0 Å². The average molecular weight is 415 g/mol. The second-order valence-electron chi connectivity index (χ2n) is 7.72. The number of nitrogens with one attached hydrogen (secondary N) is 1. The first kappa shape index (κ1) is 20.5. The molecule has 3 N–H and O–H groups in total. The van der Waals surface area contributed by atoms with Gasteiger partial charge in [0.2, 0.25) is 5.95 Å². The molecule has 162 valence electrons. The lowest BCUT2D eigenvalue weighted by atomic mass is 10.2. The fourth-order valence-electron chi connectivity index (χ4n) is 3.98. The Labute approximate surface area is 176 Å². The number of rotatable bonds is 6. The third-order valence-electron chi connectivity index (χ3n) is 5.68. The van der Waals surface area contributed by atoms with E-state index in [4.69, 9.17) is 20.2 Å². The van der Waals surface area contributed by atoms with Crippen molar-refractivity contribution in [1.82, 2.24) is 14.9 Å². The molecule has 0 saturated carbocycles. The molecule has 3 heterocycles. The second kappa shape index (κ2) is 8.91. The molecular weight excluding hydrogens is 384 g/mol. The molecule has 4 rings (SSSR count). The summed E-state index contributed by atoms with van der Waals surface area (Å²) in [5, 5.41) is 4.14. The number of amides is 1. The summed E-state index contributed by atoms with van der Waals surface area (Å²) >= 11 is 0. The third kappa shape index (κ3) is 4.07. The number of nitrogen functional groups attached to an aromatic ring is 1. The summed E-state index contributed by atoms with van der Waals surface area (Å²) < 4.78 is 11.0. The maximum atomic E-state index is 12.6. The quantitative estimate of drug-likeness (QED) is 0.738. The Bertz CT molecular complexity index is 907. The molecule has 30 heavy (non-hydrogen) atoms. The van der Waals surface area contributed by atoms with Crippen molar-refractivity contribution in [3.8, 4) is 5.75 Å². The van der Waals surface area contributed by atoms with Gasteiger partial charge in [-0.25, -0.2) is 4.98 Å². The normalized spacial score (nSPS) is 19.3. The van der Waals surface area contributed by atoms with E-state index in [0.29, 0.717) is 44.6 Å². The molecule has 9 heteroatoms. The number of benzene rings is 1. The first-order chi connectivity index (χ1) is 14.6. The largest absolute Gasteiger partial charge is 0.495 e. The number of aromatic nitrogens is 2. The molecule has 0 aliphatic carbocycles.